The van der Waals surface area contributed by atoms with Crippen molar-refractivity contribution in [1.82, 2.24) is 9.97 Å². The number of anilines is 1. The van der Waals surface area contributed by atoms with E-state index in [0.29, 0.717) is 11.3 Å². The average molecular weight is 305 g/mol. The number of amides is 1. The van der Waals surface area contributed by atoms with Gasteiger partial charge >= 0.3 is 18.1 Å². The summed E-state index contributed by atoms with van der Waals surface area (Å²) >= 11 is 0.654. The van der Waals surface area contributed by atoms with Gasteiger partial charge < -0.3 is 10.0 Å². The summed E-state index contributed by atoms with van der Waals surface area (Å²) in [7, 11) is 0.846. The van der Waals surface area contributed by atoms with Crippen LogP contribution in [0.25, 0.3) is 10.3 Å². The molecule has 0 saturated heterocycles. The van der Waals surface area contributed by atoms with E-state index in [1.165, 1.54) is 12.4 Å². The molecule has 10 heteroatoms. The minimum atomic E-state index is -5.11. The van der Waals surface area contributed by atoms with Crippen LogP contribution in [-0.4, -0.2) is 40.2 Å². The second kappa shape index (κ2) is 4.71. The summed E-state index contributed by atoms with van der Waals surface area (Å²) in [6.07, 6.45) is -2.63. The zero-order valence-corrected chi connectivity index (χ0v) is 10.6. The van der Waals surface area contributed by atoms with Crippen molar-refractivity contribution >= 4 is 39.2 Å². The monoisotopic (exact) mass is 305 g/mol. The van der Waals surface area contributed by atoms with E-state index < -0.39 is 28.6 Å². The Hall–Kier alpha value is -2.23. The second-order valence-electron chi connectivity index (χ2n) is 3.66. The Labute approximate surface area is 113 Å². The van der Waals surface area contributed by atoms with Crippen LogP contribution in [0, 0.1) is 0 Å². The van der Waals surface area contributed by atoms with E-state index in [2.05, 4.69) is 9.97 Å². The number of carboxylic acid groups (broad SMARTS) is 1. The van der Waals surface area contributed by atoms with Gasteiger partial charge in [0.15, 0.2) is 0 Å². The minimum Gasteiger partial charge on any atom is -0.477 e. The second-order valence-corrected chi connectivity index (χ2v) is 4.66. The third-order valence-electron chi connectivity index (χ3n) is 2.38. The van der Waals surface area contributed by atoms with Gasteiger partial charge in [0.25, 0.3) is 0 Å². The number of aromatic nitrogens is 2. The molecule has 0 atom stereocenters. The maximum absolute atomic E-state index is 12.5. The standard InChI is InChI=1S/C10H6F3N3O3S/c1-16(9(19)10(11,12)13)5-4-7(15-3-2-14-4)20-6(5)8(17)18/h2-3H,1H3,(H,17,18). The molecule has 1 amide bonds. The number of carboxylic acids is 1. The van der Waals surface area contributed by atoms with E-state index in [-0.39, 0.29) is 15.2 Å². The van der Waals surface area contributed by atoms with E-state index in [4.69, 9.17) is 5.11 Å². The van der Waals surface area contributed by atoms with Crippen LogP contribution in [0.3, 0.4) is 0 Å². The summed E-state index contributed by atoms with van der Waals surface area (Å²) < 4.78 is 37.4. The molecule has 0 saturated carbocycles. The van der Waals surface area contributed by atoms with Crippen LogP contribution in [0.1, 0.15) is 9.67 Å². The number of carbonyl (C=O) groups excluding carboxylic acids is 1. The van der Waals surface area contributed by atoms with Gasteiger partial charge in [0.05, 0.1) is 5.69 Å². The molecule has 6 nitrogen and oxygen atoms in total. The van der Waals surface area contributed by atoms with Gasteiger partial charge in [-0.3, -0.25) is 4.79 Å². The first-order valence-corrected chi connectivity index (χ1v) is 5.86. The quantitative estimate of drug-likeness (QED) is 0.916. The van der Waals surface area contributed by atoms with Crippen LogP contribution < -0.4 is 4.90 Å². The van der Waals surface area contributed by atoms with Gasteiger partial charge in [-0.1, -0.05) is 0 Å². The molecule has 0 aliphatic rings. The molecule has 1 N–H and O–H groups in total. The lowest BCUT2D eigenvalue weighted by Crippen LogP contribution is -2.39. The van der Waals surface area contributed by atoms with E-state index in [1.807, 2.05) is 0 Å². The molecule has 0 aliphatic heterocycles. The molecular weight excluding hydrogens is 299 g/mol. The number of carbonyl (C=O) groups is 2. The number of alkyl halides is 3. The van der Waals surface area contributed by atoms with Gasteiger partial charge in [0.2, 0.25) is 0 Å². The van der Waals surface area contributed by atoms with Crippen LogP contribution in [0.2, 0.25) is 0 Å². The number of thiophene rings is 1. The number of rotatable bonds is 2. The lowest BCUT2D eigenvalue weighted by Gasteiger charge is -2.18. The van der Waals surface area contributed by atoms with Crippen molar-refractivity contribution in [1.29, 1.82) is 0 Å². The molecule has 106 valence electrons. The minimum absolute atomic E-state index is 0.0602. The molecule has 0 unspecified atom stereocenters. The van der Waals surface area contributed by atoms with Gasteiger partial charge in [-0.15, -0.1) is 11.3 Å². The van der Waals surface area contributed by atoms with Crippen molar-refractivity contribution < 1.29 is 27.9 Å². The first kappa shape index (κ1) is 14.2. The Morgan fingerprint density at radius 1 is 1.30 bits per heavy atom. The maximum Gasteiger partial charge on any atom is 0.471 e. The summed E-state index contributed by atoms with van der Waals surface area (Å²) in [5.74, 6) is -3.63. The predicted molar refractivity (Wildman–Crippen MR) is 63.8 cm³/mol. The zero-order valence-electron chi connectivity index (χ0n) is 9.80. The number of fused-ring (bicyclic) bond motifs is 1. The number of hydrogen-bond donors (Lipinski definition) is 1. The number of hydrogen-bond acceptors (Lipinski definition) is 5. The molecule has 2 rings (SSSR count). The Morgan fingerprint density at radius 2 is 1.90 bits per heavy atom. The van der Waals surface area contributed by atoms with Crippen LogP contribution in [-0.2, 0) is 4.79 Å². The number of nitrogens with zero attached hydrogens (tertiary/aromatic N) is 3. The van der Waals surface area contributed by atoms with E-state index >= 15 is 0 Å². The highest BCUT2D eigenvalue weighted by Gasteiger charge is 2.43. The molecule has 0 radical (unpaired) electrons. The molecular formula is C10H6F3N3O3S. The molecule has 2 aromatic rings. The molecule has 2 heterocycles. The smallest absolute Gasteiger partial charge is 0.471 e. The molecule has 0 aromatic carbocycles. The molecule has 2 aromatic heterocycles. The summed E-state index contributed by atoms with van der Waals surface area (Å²) in [5, 5.41) is 9.04. The van der Waals surface area contributed by atoms with Crippen LogP contribution >= 0.6 is 11.3 Å². The van der Waals surface area contributed by atoms with E-state index in [0.717, 1.165) is 7.05 Å². The fraction of sp³-hybridized carbons (Fsp3) is 0.200. The molecule has 0 fully saturated rings. The molecule has 0 bridgehead atoms. The Bertz CT molecular complexity index is 698. The van der Waals surface area contributed by atoms with Gasteiger partial charge in [-0.25, -0.2) is 14.8 Å². The topological polar surface area (TPSA) is 83.4 Å². The van der Waals surface area contributed by atoms with Crippen LogP contribution in [0.4, 0.5) is 18.9 Å². The summed E-state index contributed by atoms with van der Waals surface area (Å²) in [6.45, 7) is 0. The van der Waals surface area contributed by atoms with Gasteiger partial charge in [0.1, 0.15) is 15.2 Å². The van der Waals surface area contributed by atoms with Crippen molar-refractivity contribution in [2.24, 2.45) is 0 Å². The van der Waals surface area contributed by atoms with Crippen LogP contribution in [0.5, 0.6) is 0 Å². The Morgan fingerprint density at radius 3 is 2.45 bits per heavy atom. The van der Waals surface area contributed by atoms with Crippen molar-refractivity contribution in [2.45, 2.75) is 6.18 Å². The van der Waals surface area contributed by atoms with Gasteiger partial charge in [-0.05, 0) is 0 Å². The zero-order chi connectivity index (χ0) is 15.1. The first-order chi connectivity index (χ1) is 9.23. The average Bonchev–Trinajstić information content (AvgIpc) is 2.75. The largest absolute Gasteiger partial charge is 0.477 e. The fourth-order valence-electron chi connectivity index (χ4n) is 1.56. The van der Waals surface area contributed by atoms with Crippen LogP contribution in [0.15, 0.2) is 12.4 Å². The predicted octanol–water partition coefficient (Wildman–Crippen LogP) is 1.91. The van der Waals surface area contributed by atoms with Crippen molar-refractivity contribution in [3.8, 4) is 0 Å². The fourth-order valence-corrected chi connectivity index (χ4v) is 2.53. The van der Waals surface area contributed by atoms with Crippen molar-refractivity contribution in [3.05, 3.63) is 17.3 Å². The number of aromatic carboxylic acids is 1. The highest BCUT2D eigenvalue weighted by atomic mass is 32.1. The molecule has 20 heavy (non-hydrogen) atoms. The maximum atomic E-state index is 12.5. The first-order valence-electron chi connectivity index (χ1n) is 5.05. The number of halogens is 3. The lowest BCUT2D eigenvalue weighted by atomic mass is 10.3. The summed E-state index contributed by atoms with van der Waals surface area (Å²) in [6, 6.07) is 0. The highest BCUT2D eigenvalue weighted by Crippen LogP contribution is 2.36. The van der Waals surface area contributed by atoms with Crippen molar-refractivity contribution in [3.63, 3.8) is 0 Å². The van der Waals surface area contributed by atoms with Gasteiger partial charge in [-0.2, -0.15) is 13.2 Å². The van der Waals surface area contributed by atoms with E-state index in [9.17, 15) is 22.8 Å². The van der Waals surface area contributed by atoms with Gasteiger partial charge in [0, 0.05) is 19.4 Å². The lowest BCUT2D eigenvalue weighted by molar-refractivity contribution is -0.170. The SMILES string of the molecule is CN(C(=O)C(F)(F)F)c1c(C(=O)O)sc2nccnc12. The third-order valence-corrected chi connectivity index (χ3v) is 3.44. The summed E-state index contributed by atoms with van der Waals surface area (Å²) in [4.78, 5) is 29.9. The molecule has 0 aliphatic carbocycles. The molecule has 0 spiro atoms. The van der Waals surface area contributed by atoms with E-state index in [1.54, 1.807) is 0 Å². The highest BCUT2D eigenvalue weighted by molar-refractivity contribution is 7.21. The normalized spacial score (nSPS) is 11.6. The third kappa shape index (κ3) is 2.29. The Kier molecular flexibility index (Phi) is 3.34. The Balaban J connectivity index is 2.66. The summed E-state index contributed by atoms with van der Waals surface area (Å²) in [5.41, 5.74) is -0.470. The van der Waals surface area contributed by atoms with Crippen molar-refractivity contribution in [2.75, 3.05) is 11.9 Å².